The maximum Gasteiger partial charge on any atom is 0.0867 e. The van der Waals surface area contributed by atoms with Gasteiger partial charge in [0, 0.05) is 6.42 Å². The predicted octanol–water partition coefficient (Wildman–Crippen LogP) is 11.3. The van der Waals surface area contributed by atoms with E-state index >= 15 is 0 Å². The highest BCUT2D eigenvalue weighted by molar-refractivity contribution is 4.94. The topological polar surface area (TPSA) is 37.6 Å². The minimum absolute atomic E-state index is 0.524. The van der Waals surface area contributed by atoms with Gasteiger partial charge in [0.25, 0.3) is 0 Å². The van der Waals surface area contributed by atoms with Crippen LogP contribution >= 0.6 is 0 Å². The van der Waals surface area contributed by atoms with Gasteiger partial charge in [-0.25, -0.2) is 0 Å². The highest BCUT2D eigenvalue weighted by atomic mass is 16.6. The Bertz CT molecular complexity index is 566. The zero-order valence-electron chi connectivity index (χ0n) is 26.5. The second kappa shape index (κ2) is 21.6. The fraction of sp³-hybridized carbons (Fsp3) is 1.00. The lowest BCUT2D eigenvalue weighted by Gasteiger charge is -2.03. The van der Waals surface area contributed by atoms with Crippen molar-refractivity contribution in [3.8, 4) is 0 Å². The lowest BCUT2D eigenvalue weighted by molar-refractivity contribution is 0.318. The van der Waals surface area contributed by atoms with Crippen molar-refractivity contribution in [2.24, 2.45) is 0 Å². The first-order chi connectivity index (χ1) is 19.3. The minimum atomic E-state index is 0.524. The van der Waals surface area contributed by atoms with Crippen molar-refractivity contribution in [2.75, 3.05) is 0 Å². The second-order valence-corrected chi connectivity index (χ2v) is 13.5. The fourth-order valence-corrected chi connectivity index (χ4v) is 6.73. The summed E-state index contributed by atoms with van der Waals surface area (Å²) in [6.45, 7) is 4.57. The van der Waals surface area contributed by atoms with Crippen LogP contribution in [0.25, 0.3) is 0 Å². The molecule has 3 saturated heterocycles. The minimum Gasteiger partial charge on any atom is -0.370 e. The average molecular weight is 549 g/mol. The quantitative estimate of drug-likeness (QED) is 0.0661. The highest BCUT2D eigenvalue weighted by Crippen LogP contribution is 2.39. The molecule has 3 aliphatic rings. The van der Waals surface area contributed by atoms with Crippen molar-refractivity contribution in [1.29, 1.82) is 0 Å². The standard InChI is InChI=1S/C36H68O3/c1-3-5-7-8-19-23-27-31-32(37-31)28-24-20-17-15-13-11-9-10-12-14-16-18-21-25-29-34-36(39-34)30-35-33(38-35)26-22-6-4-2/h31-36H,3-30H2,1-2H3. The molecular weight excluding hydrogens is 480 g/mol. The smallest absolute Gasteiger partial charge is 0.0867 e. The molecule has 0 amide bonds. The van der Waals surface area contributed by atoms with Crippen LogP contribution in [0.2, 0.25) is 0 Å². The zero-order valence-corrected chi connectivity index (χ0v) is 26.5. The summed E-state index contributed by atoms with van der Waals surface area (Å²) in [4.78, 5) is 0. The summed E-state index contributed by atoms with van der Waals surface area (Å²) in [5.41, 5.74) is 0. The van der Waals surface area contributed by atoms with E-state index in [9.17, 15) is 0 Å². The molecule has 0 N–H and O–H groups in total. The van der Waals surface area contributed by atoms with Gasteiger partial charge in [-0.1, -0.05) is 162 Å². The van der Waals surface area contributed by atoms with Crippen LogP contribution in [0.4, 0.5) is 0 Å². The van der Waals surface area contributed by atoms with E-state index in [4.69, 9.17) is 14.2 Å². The van der Waals surface area contributed by atoms with Crippen molar-refractivity contribution in [2.45, 2.75) is 230 Å². The summed E-state index contributed by atoms with van der Waals surface area (Å²) in [5, 5.41) is 0. The monoisotopic (exact) mass is 549 g/mol. The number of rotatable bonds is 30. The molecule has 230 valence electrons. The van der Waals surface area contributed by atoms with Crippen molar-refractivity contribution in [3.63, 3.8) is 0 Å². The summed E-state index contributed by atoms with van der Waals surface area (Å²) in [6, 6.07) is 0. The predicted molar refractivity (Wildman–Crippen MR) is 167 cm³/mol. The Kier molecular flexibility index (Phi) is 18.5. The third kappa shape index (κ3) is 16.8. The van der Waals surface area contributed by atoms with Gasteiger partial charge >= 0.3 is 0 Å². The molecule has 0 radical (unpaired) electrons. The molecule has 39 heavy (non-hydrogen) atoms. The molecule has 6 atom stereocenters. The maximum atomic E-state index is 5.91. The van der Waals surface area contributed by atoms with E-state index in [1.807, 2.05) is 0 Å². The van der Waals surface area contributed by atoms with Crippen LogP contribution in [0.5, 0.6) is 0 Å². The van der Waals surface area contributed by atoms with Crippen LogP contribution in [-0.4, -0.2) is 36.6 Å². The molecule has 0 aliphatic carbocycles. The maximum absolute atomic E-state index is 5.91. The third-order valence-corrected chi connectivity index (χ3v) is 9.69. The number of hydrogen-bond donors (Lipinski definition) is 0. The van der Waals surface area contributed by atoms with Gasteiger partial charge in [-0.15, -0.1) is 0 Å². The Morgan fingerprint density at radius 2 is 0.513 bits per heavy atom. The Labute approximate surface area is 244 Å². The average Bonchev–Trinajstić information content (AvgIpc) is 3.86. The van der Waals surface area contributed by atoms with Crippen molar-refractivity contribution >= 4 is 0 Å². The SMILES string of the molecule is CCCCCCCCC1OC1CCCCCCCCCCCCCCCCC1OC1CC1OC1CCCCC. The van der Waals surface area contributed by atoms with Gasteiger partial charge in [0.1, 0.15) is 0 Å². The Morgan fingerprint density at radius 3 is 0.872 bits per heavy atom. The van der Waals surface area contributed by atoms with E-state index in [1.165, 1.54) is 173 Å². The van der Waals surface area contributed by atoms with Gasteiger partial charge in [-0.2, -0.15) is 0 Å². The third-order valence-electron chi connectivity index (χ3n) is 9.69. The van der Waals surface area contributed by atoms with Crippen molar-refractivity contribution in [1.82, 2.24) is 0 Å². The fourth-order valence-electron chi connectivity index (χ4n) is 6.73. The molecule has 0 spiro atoms. The summed E-state index contributed by atoms with van der Waals surface area (Å²) in [7, 11) is 0. The number of epoxide rings is 3. The normalized spacial score (nSPS) is 27.2. The van der Waals surface area contributed by atoms with Crippen LogP contribution in [0.3, 0.4) is 0 Å². The van der Waals surface area contributed by atoms with E-state index < -0.39 is 0 Å². The van der Waals surface area contributed by atoms with Crippen molar-refractivity contribution < 1.29 is 14.2 Å². The molecule has 0 aromatic heterocycles. The molecule has 0 bridgehead atoms. The van der Waals surface area contributed by atoms with Crippen LogP contribution in [0, 0.1) is 0 Å². The molecule has 3 nitrogen and oxygen atoms in total. The lowest BCUT2D eigenvalue weighted by atomic mass is 10.0. The lowest BCUT2D eigenvalue weighted by Crippen LogP contribution is -2.02. The first-order valence-electron chi connectivity index (χ1n) is 18.3. The number of hydrogen-bond acceptors (Lipinski definition) is 3. The van der Waals surface area contributed by atoms with Crippen LogP contribution in [0.1, 0.15) is 194 Å². The van der Waals surface area contributed by atoms with Crippen LogP contribution < -0.4 is 0 Å². The van der Waals surface area contributed by atoms with Crippen LogP contribution in [0.15, 0.2) is 0 Å². The van der Waals surface area contributed by atoms with Gasteiger partial charge in [0.15, 0.2) is 0 Å². The van der Waals surface area contributed by atoms with Gasteiger partial charge in [-0.05, 0) is 25.7 Å². The molecule has 0 aromatic rings. The largest absolute Gasteiger partial charge is 0.370 e. The van der Waals surface area contributed by atoms with Gasteiger partial charge in [0.05, 0.1) is 36.6 Å². The highest BCUT2D eigenvalue weighted by Gasteiger charge is 2.47. The van der Waals surface area contributed by atoms with Gasteiger partial charge in [-0.3, -0.25) is 0 Å². The summed E-state index contributed by atoms with van der Waals surface area (Å²) in [5.74, 6) is 0. The molecular formula is C36H68O3. The number of unbranched alkanes of at least 4 members (excludes halogenated alkanes) is 20. The van der Waals surface area contributed by atoms with Crippen molar-refractivity contribution in [3.05, 3.63) is 0 Å². The van der Waals surface area contributed by atoms with Gasteiger partial charge in [0.2, 0.25) is 0 Å². The molecule has 3 heteroatoms. The van der Waals surface area contributed by atoms with E-state index in [0.29, 0.717) is 36.6 Å². The Balaban J connectivity index is 0.941. The van der Waals surface area contributed by atoms with E-state index in [2.05, 4.69) is 13.8 Å². The van der Waals surface area contributed by atoms with Gasteiger partial charge < -0.3 is 14.2 Å². The first kappa shape index (κ1) is 33.4. The summed E-state index contributed by atoms with van der Waals surface area (Å²) in [6.07, 6.45) is 42.3. The number of ether oxygens (including phenoxy) is 3. The molecule has 3 rings (SSSR count). The van der Waals surface area contributed by atoms with E-state index in [-0.39, 0.29) is 0 Å². The first-order valence-corrected chi connectivity index (χ1v) is 18.3. The molecule has 3 heterocycles. The van der Waals surface area contributed by atoms with Crippen LogP contribution in [-0.2, 0) is 14.2 Å². The molecule has 3 aliphatic heterocycles. The Morgan fingerprint density at radius 1 is 0.282 bits per heavy atom. The summed E-state index contributed by atoms with van der Waals surface area (Å²) >= 11 is 0. The zero-order chi connectivity index (χ0) is 27.4. The molecule has 3 fully saturated rings. The summed E-state index contributed by atoms with van der Waals surface area (Å²) < 4.78 is 17.7. The second-order valence-electron chi connectivity index (χ2n) is 13.5. The molecule has 0 saturated carbocycles. The van der Waals surface area contributed by atoms with E-state index in [1.54, 1.807) is 0 Å². The molecule has 0 aromatic carbocycles. The molecule has 6 unspecified atom stereocenters. The van der Waals surface area contributed by atoms with E-state index in [0.717, 1.165) is 6.42 Å². The Hall–Kier alpha value is -0.120.